The van der Waals surface area contributed by atoms with E-state index in [0.717, 1.165) is 0 Å². The van der Waals surface area contributed by atoms with E-state index in [1.807, 2.05) is 27.7 Å². The molecule has 0 spiro atoms. The van der Waals surface area contributed by atoms with Gasteiger partial charge in [-0.05, 0) is 27.7 Å². The van der Waals surface area contributed by atoms with Crippen LogP contribution in [0.2, 0.25) is 0 Å². The molecule has 17 heavy (non-hydrogen) atoms. The van der Waals surface area contributed by atoms with Crippen molar-refractivity contribution in [1.29, 1.82) is 0 Å². The van der Waals surface area contributed by atoms with E-state index in [2.05, 4.69) is 0 Å². The lowest BCUT2D eigenvalue weighted by Gasteiger charge is -2.28. The predicted octanol–water partition coefficient (Wildman–Crippen LogP) is 0.808. The molecule has 0 unspecified atom stereocenters. The van der Waals surface area contributed by atoms with E-state index in [9.17, 15) is 0 Å². The Balaban J connectivity index is 1.67. The second kappa shape index (κ2) is 2.86. The van der Waals surface area contributed by atoms with Gasteiger partial charge in [-0.1, -0.05) is 0 Å². The first-order valence-corrected chi connectivity index (χ1v) is 6.23. The second-order valence-electron chi connectivity index (χ2n) is 6.19. The lowest BCUT2D eigenvalue weighted by molar-refractivity contribution is -0.175. The van der Waals surface area contributed by atoms with Gasteiger partial charge >= 0.3 is 0 Å². The number of ether oxygens (including phenoxy) is 5. The summed E-state index contributed by atoms with van der Waals surface area (Å²) in [5, 5.41) is 0. The number of rotatable bonds is 0. The fourth-order valence-electron chi connectivity index (χ4n) is 3.32. The summed E-state index contributed by atoms with van der Waals surface area (Å²) in [6.45, 7) is 7.72. The minimum absolute atomic E-state index is 0.0197. The van der Waals surface area contributed by atoms with Crippen molar-refractivity contribution in [2.75, 3.05) is 0 Å². The van der Waals surface area contributed by atoms with Gasteiger partial charge in [-0.25, -0.2) is 0 Å². The van der Waals surface area contributed by atoms with Crippen LogP contribution in [-0.4, -0.2) is 48.2 Å². The van der Waals surface area contributed by atoms with Crippen LogP contribution in [0.1, 0.15) is 27.7 Å². The molecule has 4 rings (SSSR count). The second-order valence-corrected chi connectivity index (χ2v) is 6.19. The Bertz CT molecular complexity index is 332. The van der Waals surface area contributed by atoms with Gasteiger partial charge in [0.25, 0.3) is 0 Å². The topological polar surface area (TPSA) is 49.5 Å². The van der Waals surface area contributed by atoms with E-state index in [1.165, 1.54) is 0 Å². The van der Waals surface area contributed by atoms with Crippen molar-refractivity contribution in [2.24, 2.45) is 0 Å². The quantitative estimate of drug-likeness (QED) is 0.588. The molecule has 3 heterocycles. The van der Waals surface area contributed by atoms with Crippen molar-refractivity contribution >= 4 is 0 Å². The van der Waals surface area contributed by atoms with E-state index < -0.39 is 11.6 Å². The highest BCUT2D eigenvalue weighted by atomic mass is 16.8. The molecular formula is C12H18O5. The smallest absolute Gasteiger partial charge is 0.164 e. The van der Waals surface area contributed by atoms with Crippen LogP contribution in [0, 0.1) is 0 Å². The molecule has 4 fully saturated rings. The SMILES string of the molecule is CC1(C)O[C@H]2[C@H]3OC(C)(C)O[C@H]3[C@@H]3O[C@@H]3[C@H]2O1. The van der Waals surface area contributed by atoms with E-state index in [0.29, 0.717) is 0 Å². The molecule has 1 aliphatic carbocycles. The Morgan fingerprint density at radius 1 is 0.529 bits per heavy atom. The Morgan fingerprint density at radius 2 is 0.824 bits per heavy atom. The molecule has 4 aliphatic rings. The third kappa shape index (κ3) is 1.43. The lowest BCUT2D eigenvalue weighted by Crippen LogP contribution is -2.51. The van der Waals surface area contributed by atoms with Crippen molar-refractivity contribution in [1.82, 2.24) is 0 Å². The van der Waals surface area contributed by atoms with Gasteiger partial charge in [0.1, 0.15) is 36.6 Å². The van der Waals surface area contributed by atoms with Gasteiger partial charge in [0.15, 0.2) is 11.6 Å². The van der Waals surface area contributed by atoms with E-state index in [1.54, 1.807) is 0 Å². The summed E-state index contributed by atoms with van der Waals surface area (Å²) in [7, 11) is 0. The van der Waals surface area contributed by atoms with Gasteiger partial charge in [-0.3, -0.25) is 0 Å². The van der Waals surface area contributed by atoms with Crippen LogP contribution in [0.3, 0.4) is 0 Å². The maximum absolute atomic E-state index is 5.95. The zero-order valence-corrected chi connectivity index (χ0v) is 10.5. The minimum Gasteiger partial charge on any atom is -0.364 e. The van der Waals surface area contributed by atoms with E-state index >= 15 is 0 Å². The van der Waals surface area contributed by atoms with Crippen molar-refractivity contribution in [3.05, 3.63) is 0 Å². The molecule has 0 bridgehead atoms. The Hall–Kier alpha value is -0.200. The van der Waals surface area contributed by atoms with Gasteiger partial charge in [0.05, 0.1) is 0 Å². The van der Waals surface area contributed by atoms with E-state index in [-0.39, 0.29) is 36.6 Å². The minimum atomic E-state index is -0.559. The first-order valence-electron chi connectivity index (χ1n) is 6.23. The summed E-state index contributed by atoms with van der Waals surface area (Å²) in [5.41, 5.74) is 0. The van der Waals surface area contributed by atoms with Crippen molar-refractivity contribution < 1.29 is 23.7 Å². The van der Waals surface area contributed by atoms with E-state index in [4.69, 9.17) is 23.7 Å². The van der Waals surface area contributed by atoms with Crippen LogP contribution >= 0.6 is 0 Å². The molecule has 3 saturated heterocycles. The molecule has 0 aromatic carbocycles. The molecule has 3 aliphatic heterocycles. The highest BCUT2D eigenvalue weighted by Crippen LogP contribution is 2.51. The first-order chi connectivity index (χ1) is 7.86. The zero-order valence-electron chi connectivity index (χ0n) is 10.5. The molecule has 6 atom stereocenters. The summed E-state index contributed by atoms with van der Waals surface area (Å²) in [6.07, 6.45) is 0.0181. The summed E-state index contributed by atoms with van der Waals surface area (Å²) in [5.74, 6) is -1.12. The molecule has 0 radical (unpaired) electrons. The lowest BCUT2D eigenvalue weighted by atomic mass is 9.90. The van der Waals surface area contributed by atoms with Crippen molar-refractivity contribution in [3.63, 3.8) is 0 Å². The fraction of sp³-hybridized carbons (Fsp3) is 1.00. The summed E-state index contributed by atoms with van der Waals surface area (Å²) in [4.78, 5) is 0. The standard InChI is InChI=1S/C12H18O5/c1-11(2)14-7-5-6(13-5)8-10(9(7)16-11)17-12(3,4)15-8/h5-10H,1-4H3/t5-,6+,7+,8-,9+,10-. The first kappa shape index (κ1) is 10.7. The highest BCUT2D eigenvalue weighted by molar-refractivity contribution is 5.14. The van der Waals surface area contributed by atoms with Gasteiger partial charge in [0, 0.05) is 0 Å². The monoisotopic (exact) mass is 242 g/mol. The van der Waals surface area contributed by atoms with Gasteiger partial charge < -0.3 is 23.7 Å². The number of fused-ring (bicyclic) bond motifs is 6. The van der Waals surface area contributed by atoms with Gasteiger partial charge in [-0.15, -0.1) is 0 Å². The molecule has 0 amide bonds. The van der Waals surface area contributed by atoms with Crippen LogP contribution in [0.25, 0.3) is 0 Å². The van der Waals surface area contributed by atoms with Crippen LogP contribution in [0.15, 0.2) is 0 Å². The average Bonchev–Trinajstić information content (AvgIpc) is 2.81. The van der Waals surface area contributed by atoms with Crippen LogP contribution in [-0.2, 0) is 23.7 Å². The van der Waals surface area contributed by atoms with Crippen LogP contribution in [0.4, 0.5) is 0 Å². The molecule has 0 N–H and O–H groups in total. The average molecular weight is 242 g/mol. The molecule has 0 aromatic rings. The van der Waals surface area contributed by atoms with Crippen molar-refractivity contribution in [3.8, 4) is 0 Å². The Kier molecular flexibility index (Phi) is 1.80. The largest absolute Gasteiger partial charge is 0.364 e. The summed E-state index contributed by atoms with van der Waals surface area (Å²) < 4.78 is 29.4. The maximum atomic E-state index is 5.95. The van der Waals surface area contributed by atoms with Crippen LogP contribution < -0.4 is 0 Å². The molecule has 0 aromatic heterocycles. The van der Waals surface area contributed by atoms with Crippen LogP contribution in [0.5, 0.6) is 0 Å². The normalized spacial score (nSPS) is 57.2. The van der Waals surface area contributed by atoms with Crippen molar-refractivity contribution in [2.45, 2.75) is 75.9 Å². The van der Waals surface area contributed by atoms with Gasteiger partial charge in [-0.2, -0.15) is 0 Å². The number of hydrogen-bond donors (Lipinski definition) is 0. The maximum Gasteiger partial charge on any atom is 0.164 e. The fourth-order valence-corrected chi connectivity index (χ4v) is 3.32. The molecule has 5 nitrogen and oxygen atoms in total. The summed E-state index contributed by atoms with van der Waals surface area (Å²) >= 11 is 0. The molecule has 5 heteroatoms. The van der Waals surface area contributed by atoms with Gasteiger partial charge in [0.2, 0.25) is 0 Å². The summed E-state index contributed by atoms with van der Waals surface area (Å²) in [6, 6.07) is 0. The third-order valence-corrected chi connectivity index (χ3v) is 3.86. The number of epoxide rings is 1. The zero-order chi connectivity index (χ0) is 12.0. The predicted molar refractivity (Wildman–Crippen MR) is 56.3 cm³/mol. The Morgan fingerprint density at radius 3 is 1.18 bits per heavy atom. The Labute approximate surface area is 100 Å². The number of hydrogen-bond acceptors (Lipinski definition) is 5. The molecule has 96 valence electrons. The highest BCUT2D eigenvalue weighted by Gasteiger charge is 2.70. The third-order valence-electron chi connectivity index (χ3n) is 3.86. The molecule has 1 saturated carbocycles. The molecular weight excluding hydrogens is 224 g/mol.